The molecule has 0 aromatic heterocycles. The Morgan fingerprint density at radius 3 is 2.05 bits per heavy atom. The minimum absolute atomic E-state index is 0.151. The van der Waals surface area contributed by atoms with Gasteiger partial charge in [-0.15, -0.1) is 0 Å². The Bertz CT molecular complexity index is 540. The second-order valence-corrected chi connectivity index (χ2v) is 5.11. The summed E-state index contributed by atoms with van der Waals surface area (Å²) in [6.45, 7) is 1.95. The highest BCUT2D eigenvalue weighted by molar-refractivity contribution is 5.78. The third-order valence-electron chi connectivity index (χ3n) is 3.40. The zero-order valence-electron chi connectivity index (χ0n) is 12.2. The molecule has 0 saturated heterocycles. The van der Waals surface area contributed by atoms with Crippen LogP contribution in [0.25, 0.3) is 0 Å². The van der Waals surface area contributed by atoms with E-state index in [0.29, 0.717) is 26.1 Å². The molecule has 3 heteroatoms. The van der Waals surface area contributed by atoms with Crippen LogP contribution in [-0.2, 0) is 17.8 Å². The Morgan fingerprint density at radius 1 is 0.905 bits per heavy atom. The molecule has 0 aliphatic carbocycles. The van der Waals surface area contributed by atoms with Gasteiger partial charge in [-0.3, -0.25) is 4.79 Å². The number of hydrogen-bond acceptors (Lipinski definition) is 2. The molecule has 0 spiro atoms. The van der Waals surface area contributed by atoms with Crippen LogP contribution in [0.3, 0.4) is 0 Å². The summed E-state index contributed by atoms with van der Waals surface area (Å²) in [6, 6.07) is 19.9. The van der Waals surface area contributed by atoms with Crippen molar-refractivity contribution in [3.8, 4) is 0 Å². The van der Waals surface area contributed by atoms with Crippen molar-refractivity contribution < 1.29 is 4.79 Å². The minimum atomic E-state index is 0.151. The highest BCUT2D eigenvalue weighted by atomic mass is 16.2. The molecular formula is C18H22N2O. The first-order valence-electron chi connectivity index (χ1n) is 7.35. The van der Waals surface area contributed by atoms with Crippen LogP contribution in [0.5, 0.6) is 0 Å². The fraction of sp³-hybridized carbons (Fsp3) is 0.278. The number of nitrogens with zero attached hydrogens (tertiary/aromatic N) is 1. The van der Waals surface area contributed by atoms with Gasteiger partial charge in [-0.25, -0.2) is 0 Å². The lowest BCUT2D eigenvalue weighted by Gasteiger charge is -2.23. The fourth-order valence-corrected chi connectivity index (χ4v) is 2.26. The molecule has 0 aliphatic heterocycles. The van der Waals surface area contributed by atoms with Crippen LogP contribution in [0.2, 0.25) is 0 Å². The smallest absolute Gasteiger partial charge is 0.227 e. The summed E-state index contributed by atoms with van der Waals surface area (Å²) in [5, 5.41) is 0. The highest BCUT2D eigenvalue weighted by Gasteiger charge is 2.14. The Labute approximate surface area is 126 Å². The number of hydrogen-bond donors (Lipinski definition) is 1. The number of carbonyl (C=O) groups is 1. The minimum Gasteiger partial charge on any atom is -0.338 e. The van der Waals surface area contributed by atoms with Crippen molar-refractivity contribution in [3.63, 3.8) is 0 Å². The molecule has 0 atom stereocenters. The molecule has 0 heterocycles. The molecule has 2 aromatic carbocycles. The molecule has 0 aliphatic rings. The maximum atomic E-state index is 12.5. The van der Waals surface area contributed by atoms with Gasteiger partial charge in [0, 0.05) is 13.1 Å². The first-order chi connectivity index (χ1) is 10.3. The van der Waals surface area contributed by atoms with Gasteiger partial charge in [0.1, 0.15) is 0 Å². The predicted octanol–water partition coefficient (Wildman–Crippen LogP) is 2.61. The molecule has 3 nitrogen and oxygen atoms in total. The molecule has 110 valence electrons. The number of benzene rings is 2. The van der Waals surface area contributed by atoms with Gasteiger partial charge in [0.2, 0.25) is 5.91 Å². The molecular weight excluding hydrogens is 260 g/mol. The van der Waals surface area contributed by atoms with Crippen molar-refractivity contribution in [2.24, 2.45) is 5.73 Å². The van der Waals surface area contributed by atoms with Gasteiger partial charge in [0.15, 0.2) is 0 Å². The van der Waals surface area contributed by atoms with Crippen LogP contribution in [0.1, 0.15) is 17.5 Å². The molecule has 0 unspecified atom stereocenters. The van der Waals surface area contributed by atoms with Crippen LogP contribution in [0.4, 0.5) is 0 Å². The van der Waals surface area contributed by atoms with Gasteiger partial charge in [-0.05, 0) is 24.1 Å². The van der Waals surface area contributed by atoms with Crippen molar-refractivity contribution in [2.75, 3.05) is 13.1 Å². The third-order valence-corrected chi connectivity index (χ3v) is 3.40. The maximum absolute atomic E-state index is 12.5. The predicted molar refractivity (Wildman–Crippen MR) is 85.7 cm³/mol. The summed E-state index contributed by atoms with van der Waals surface area (Å²) in [7, 11) is 0. The van der Waals surface area contributed by atoms with Gasteiger partial charge in [-0.1, -0.05) is 60.7 Å². The first kappa shape index (κ1) is 15.3. The van der Waals surface area contributed by atoms with E-state index in [9.17, 15) is 4.79 Å². The molecule has 0 radical (unpaired) electrons. The Kier molecular flexibility index (Phi) is 5.98. The molecule has 0 bridgehead atoms. The zero-order valence-corrected chi connectivity index (χ0v) is 12.2. The average molecular weight is 282 g/mol. The van der Waals surface area contributed by atoms with Crippen molar-refractivity contribution in [3.05, 3.63) is 71.8 Å². The highest BCUT2D eigenvalue weighted by Crippen LogP contribution is 2.09. The van der Waals surface area contributed by atoms with E-state index in [-0.39, 0.29) is 5.91 Å². The molecule has 1 amide bonds. The summed E-state index contributed by atoms with van der Waals surface area (Å²) in [6.07, 6.45) is 1.27. The lowest BCUT2D eigenvalue weighted by molar-refractivity contribution is -0.131. The summed E-state index contributed by atoms with van der Waals surface area (Å²) in [5.74, 6) is 0.151. The number of rotatable bonds is 7. The largest absolute Gasteiger partial charge is 0.338 e. The van der Waals surface area contributed by atoms with Gasteiger partial charge >= 0.3 is 0 Å². The van der Waals surface area contributed by atoms with Crippen LogP contribution in [0.15, 0.2) is 60.7 Å². The maximum Gasteiger partial charge on any atom is 0.227 e. The zero-order chi connectivity index (χ0) is 14.9. The van der Waals surface area contributed by atoms with Gasteiger partial charge in [0.05, 0.1) is 6.42 Å². The van der Waals surface area contributed by atoms with E-state index in [1.807, 2.05) is 65.6 Å². The van der Waals surface area contributed by atoms with Gasteiger partial charge < -0.3 is 10.6 Å². The van der Waals surface area contributed by atoms with E-state index in [4.69, 9.17) is 5.73 Å². The van der Waals surface area contributed by atoms with Crippen molar-refractivity contribution >= 4 is 5.91 Å². The fourth-order valence-electron chi connectivity index (χ4n) is 2.26. The Hall–Kier alpha value is -2.13. The second-order valence-electron chi connectivity index (χ2n) is 5.11. The molecule has 21 heavy (non-hydrogen) atoms. The van der Waals surface area contributed by atoms with Gasteiger partial charge in [0.25, 0.3) is 0 Å². The van der Waals surface area contributed by atoms with E-state index in [0.717, 1.165) is 17.5 Å². The van der Waals surface area contributed by atoms with E-state index < -0.39 is 0 Å². The third kappa shape index (κ3) is 5.04. The lowest BCUT2D eigenvalue weighted by Crippen LogP contribution is -2.33. The van der Waals surface area contributed by atoms with Gasteiger partial charge in [-0.2, -0.15) is 0 Å². The van der Waals surface area contributed by atoms with E-state index in [1.54, 1.807) is 0 Å². The van der Waals surface area contributed by atoms with E-state index in [1.165, 1.54) is 0 Å². The molecule has 2 rings (SSSR count). The monoisotopic (exact) mass is 282 g/mol. The topological polar surface area (TPSA) is 46.3 Å². The summed E-state index contributed by atoms with van der Waals surface area (Å²) < 4.78 is 0. The van der Waals surface area contributed by atoms with E-state index in [2.05, 4.69) is 0 Å². The summed E-state index contributed by atoms with van der Waals surface area (Å²) >= 11 is 0. The van der Waals surface area contributed by atoms with Crippen molar-refractivity contribution in [2.45, 2.75) is 19.4 Å². The van der Waals surface area contributed by atoms with Crippen LogP contribution < -0.4 is 5.73 Å². The Morgan fingerprint density at radius 2 is 1.48 bits per heavy atom. The summed E-state index contributed by atoms with van der Waals surface area (Å²) in [4.78, 5) is 14.4. The van der Waals surface area contributed by atoms with Crippen LogP contribution in [0, 0.1) is 0 Å². The standard InChI is InChI=1S/C18H22N2O/c19-12-7-13-20(15-17-10-5-2-6-11-17)18(21)14-16-8-3-1-4-9-16/h1-6,8-11H,7,12-15,19H2. The number of amides is 1. The molecule has 0 fully saturated rings. The van der Waals surface area contributed by atoms with Crippen molar-refractivity contribution in [1.82, 2.24) is 4.90 Å². The first-order valence-corrected chi connectivity index (χ1v) is 7.35. The quantitative estimate of drug-likeness (QED) is 0.848. The molecule has 0 saturated carbocycles. The number of nitrogens with two attached hydrogens (primary N) is 1. The molecule has 2 aromatic rings. The lowest BCUT2D eigenvalue weighted by atomic mass is 10.1. The van der Waals surface area contributed by atoms with Crippen LogP contribution >= 0.6 is 0 Å². The SMILES string of the molecule is NCCCN(Cc1ccccc1)C(=O)Cc1ccccc1. The normalized spacial score (nSPS) is 10.3. The van der Waals surface area contributed by atoms with Crippen molar-refractivity contribution in [1.29, 1.82) is 0 Å². The second kappa shape index (κ2) is 8.22. The average Bonchev–Trinajstić information content (AvgIpc) is 2.53. The summed E-state index contributed by atoms with van der Waals surface area (Å²) in [5.41, 5.74) is 7.78. The molecule has 2 N–H and O–H groups in total. The Balaban J connectivity index is 2.02. The van der Waals surface area contributed by atoms with E-state index >= 15 is 0 Å². The number of carbonyl (C=O) groups excluding carboxylic acids is 1. The van der Waals surface area contributed by atoms with Crippen LogP contribution in [-0.4, -0.2) is 23.9 Å².